The molecule has 0 saturated heterocycles. The van der Waals surface area contributed by atoms with Crippen molar-refractivity contribution in [1.29, 1.82) is 0 Å². The number of nitrogens with one attached hydrogen (secondary N) is 1. The molecule has 1 N–H and O–H groups in total. The summed E-state index contributed by atoms with van der Waals surface area (Å²) in [4.78, 5) is 0. The van der Waals surface area contributed by atoms with Crippen LogP contribution in [0.3, 0.4) is 0 Å². The summed E-state index contributed by atoms with van der Waals surface area (Å²) < 4.78 is 11.0. The average Bonchev–Trinajstić information content (AvgIpc) is 2.43. The van der Waals surface area contributed by atoms with Gasteiger partial charge < -0.3 is 14.8 Å². The molecule has 0 heterocycles. The average molecular weight is 302 g/mol. The Balaban J connectivity index is 0.00000361. The van der Waals surface area contributed by atoms with Crippen LogP contribution in [-0.2, 0) is 11.3 Å². The molecule has 1 rings (SSSR count). The van der Waals surface area contributed by atoms with E-state index in [2.05, 4.69) is 24.4 Å². The maximum Gasteiger partial charge on any atom is 0.119 e. The molecule has 4 heteroatoms. The summed E-state index contributed by atoms with van der Waals surface area (Å²) in [6.07, 6.45) is 3.43. The molecule has 116 valence electrons. The van der Waals surface area contributed by atoms with E-state index in [0.29, 0.717) is 6.61 Å². The van der Waals surface area contributed by atoms with Gasteiger partial charge in [-0.3, -0.25) is 0 Å². The fourth-order valence-corrected chi connectivity index (χ4v) is 1.79. The van der Waals surface area contributed by atoms with Crippen LogP contribution < -0.4 is 10.1 Å². The number of halogens is 1. The largest absolute Gasteiger partial charge is 0.494 e. The number of rotatable bonds is 11. The van der Waals surface area contributed by atoms with E-state index in [-0.39, 0.29) is 12.4 Å². The lowest BCUT2D eigenvalue weighted by Gasteiger charge is -2.08. The van der Waals surface area contributed by atoms with E-state index in [1.165, 1.54) is 12.0 Å². The minimum atomic E-state index is 0. The molecule has 1 aromatic rings. The van der Waals surface area contributed by atoms with Gasteiger partial charge in [-0.05, 0) is 44.0 Å². The third-order valence-electron chi connectivity index (χ3n) is 2.82. The summed E-state index contributed by atoms with van der Waals surface area (Å²) in [5.41, 5.74) is 1.26. The third-order valence-corrected chi connectivity index (χ3v) is 2.82. The first-order valence-electron chi connectivity index (χ1n) is 7.37. The van der Waals surface area contributed by atoms with Crippen LogP contribution in [0.5, 0.6) is 5.75 Å². The van der Waals surface area contributed by atoms with Crippen LogP contribution in [0.1, 0.15) is 38.7 Å². The Kier molecular flexibility index (Phi) is 12.7. The number of hydrogen-bond acceptors (Lipinski definition) is 3. The minimum Gasteiger partial charge on any atom is -0.494 e. The molecule has 0 aromatic heterocycles. The Morgan fingerprint density at radius 3 is 2.65 bits per heavy atom. The van der Waals surface area contributed by atoms with Crippen LogP contribution >= 0.6 is 12.4 Å². The number of unbranched alkanes of at least 4 members (excludes halogenated alkanes) is 1. The zero-order valence-electron chi connectivity index (χ0n) is 12.7. The molecular formula is C16H28ClNO2. The standard InChI is InChI=1S/C16H27NO2.ClH/c1-3-5-11-18-12-7-10-17-14-15-8-6-9-16(13-15)19-4-2;/h6,8-9,13,17H,3-5,7,10-12,14H2,1-2H3;1H. The maximum absolute atomic E-state index is 5.52. The first-order chi connectivity index (χ1) is 9.36. The maximum atomic E-state index is 5.52. The lowest BCUT2D eigenvalue weighted by atomic mass is 10.2. The molecular weight excluding hydrogens is 274 g/mol. The molecule has 0 saturated carbocycles. The van der Waals surface area contributed by atoms with Gasteiger partial charge in [0.1, 0.15) is 5.75 Å². The molecule has 0 spiro atoms. The highest BCUT2D eigenvalue weighted by Gasteiger charge is 1.96. The smallest absolute Gasteiger partial charge is 0.119 e. The van der Waals surface area contributed by atoms with Crippen molar-refractivity contribution in [3.8, 4) is 5.75 Å². The molecule has 0 radical (unpaired) electrons. The summed E-state index contributed by atoms with van der Waals surface area (Å²) in [7, 11) is 0. The van der Waals surface area contributed by atoms with E-state index in [1.54, 1.807) is 0 Å². The Hall–Kier alpha value is -0.770. The van der Waals surface area contributed by atoms with Crippen LogP contribution in [-0.4, -0.2) is 26.4 Å². The Morgan fingerprint density at radius 1 is 1.10 bits per heavy atom. The van der Waals surface area contributed by atoms with Gasteiger partial charge in [-0.25, -0.2) is 0 Å². The zero-order valence-corrected chi connectivity index (χ0v) is 13.5. The molecule has 0 amide bonds. The number of benzene rings is 1. The van der Waals surface area contributed by atoms with Gasteiger partial charge >= 0.3 is 0 Å². The van der Waals surface area contributed by atoms with Crippen molar-refractivity contribution in [1.82, 2.24) is 5.32 Å². The van der Waals surface area contributed by atoms with Gasteiger partial charge in [0, 0.05) is 19.8 Å². The van der Waals surface area contributed by atoms with Gasteiger partial charge in [0.15, 0.2) is 0 Å². The first kappa shape index (κ1) is 19.2. The van der Waals surface area contributed by atoms with E-state index >= 15 is 0 Å². The van der Waals surface area contributed by atoms with Gasteiger partial charge in [-0.15, -0.1) is 12.4 Å². The van der Waals surface area contributed by atoms with Crippen molar-refractivity contribution >= 4 is 12.4 Å². The molecule has 0 atom stereocenters. The van der Waals surface area contributed by atoms with Gasteiger partial charge in [-0.1, -0.05) is 25.5 Å². The molecule has 1 aromatic carbocycles. The molecule has 3 nitrogen and oxygen atoms in total. The van der Waals surface area contributed by atoms with Gasteiger partial charge in [0.25, 0.3) is 0 Å². The van der Waals surface area contributed by atoms with Crippen molar-refractivity contribution < 1.29 is 9.47 Å². The predicted molar refractivity (Wildman–Crippen MR) is 86.9 cm³/mol. The van der Waals surface area contributed by atoms with Crippen LogP contribution in [0.25, 0.3) is 0 Å². The highest BCUT2D eigenvalue weighted by Crippen LogP contribution is 2.12. The number of ether oxygens (including phenoxy) is 2. The monoisotopic (exact) mass is 301 g/mol. The normalized spacial score (nSPS) is 10.1. The van der Waals surface area contributed by atoms with Gasteiger partial charge in [-0.2, -0.15) is 0 Å². The highest BCUT2D eigenvalue weighted by atomic mass is 35.5. The topological polar surface area (TPSA) is 30.5 Å². The molecule has 20 heavy (non-hydrogen) atoms. The molecule has 0 unspecified atom stereocenters. The Labute approximate surface area is 129 Å². The van der Waals surface area contributed by atoms with Crippen molar-refractivity contribution in [3.63, 3.8) is 0 Å². The second-order valence-electron chi connectivity index (χ2n) is 4.58. The fourth-order valence-electron chi connectivity index (χ4n) is 1.79. The summed E-state index contributed by atoms with van der Waals surface area (Å²) in [6, 6.07) is 8.24. The zero-order chi connectivity index (χ0) is 13.8. The Morgan fingerprint density at radius 2 is 1.90 bits per heavy atom. The van der Waals surface area contributed by atoms with Crippen molar-refractivity contribution in [2.45, 2.75) is 39.7 Å². The van der Waals surface area contributed by atoms with Gasteiger partial charge in [0.2, 0.25) is 0 Å². The predicted octanol–water partition coefficient (Wildman–Crippen LogP) is 3.80. The summed E-state index contributed by atoms with van der Waals surface area (Å²) in [5, 5.41) is 3.43. The molecule has 0 fully saturated rings. The fraction of sp³-hybridized carbons (Fsp3) is 0.625. The molecule has 0 aliphatic heterocycles. The van der Waals surface area contributed by atoms with Crippen molar-refractivity contribution in [3.05, 3.63) is 29.8 Å². The van der Waals surface area contributed by atoms with E-state index in [1.807, 2.05) is 19.1 Å². The van der Waals surface area contributed by atoms with E-state index in [4.69, 9.17) is 9.47 Å². The highest BCUT2D eigenvalue weighted by molar-refractivity contribution is 5.85. The van der Waals surface area contributed by atoms with Crippen LogP contribution in [0, 0.1) is 0 Å². The quantitative estimate of drug-likeness (QED) is 0.631. The minimum absolute atomic E-state index is 0. The lowest BCUT2D eigenvalue weighted by molar-refractivity contribution is 0.129. The van der Waals surface area contributed by atoms with Crippen LogP contribution in [0.4, 0.5) is 0 Å². The summed E-state index contributed by atoms with van der Waals surface area (Å²) in [5.74, 6) is 0.949. The van der Waals surface area contributed by atoms with Crippen molar-refractivity contribution in [2.24, 2.45) is 0 Å². The molecule has 0 aliphatic carbocycles. The second kappa shape index (κ2) is 13.2. The third kappa shape index (κ3) is 9.18. The van der Waals surface area contributed by atoms with E-state index in [0.717, 1.165) is 44.9 Å². The summed E-state index contributed by atoms with van der Waals surface area (Å²) >= 11 is 0. The SMILES string of the molecule is CCCCOCCCNCc1cccc(OCC)c1.Cl. The van der Waals surface area contributed by atoms with Gasteiger partial charge in [0.05, 0.1) is 6.61 Å². The second-order valence-corrected chi connectivity index (χ2v) is 4.58. The lowest BCUT2D eigenvalue weighted by Crippen LogP contribution is -2.16. The first-order valence-corrected chi connectivity index (χ1v) is 7.37. The summed E-state index contributed by atoms with van der Waals surface area (Å²) in [6.45, 7) is 8.52. The van der Waals surface area contributed by atoms with Crippen molar-refractivity contribution in [2.75, 3.05) is 26.4 Å². The number of hydrogen-bond donors (Lipinski definition) is 1. The molecule has 0 aliphatic rings. The van der Waals surface area contributed by atoms with Crippen LogP contribution in [0.15, 0.2) is 24.3 Å². The van der Waals surface area contributed by atoms with E-state index < -0.39 is 0 Å². The Bertz CT molecular complexity index is 334. The van der Waals surface area contributed by atoms with E-state index in [9.17, 15) is 0 Å². The van der Waals surface area contributed by atoms with Crippen LogP contribution in [0.2, 0.25) is 0 Å². The molecule has 0 bridgehead atoms.